The minimum Gasteiger partial charge on any atom is -0.396 e. The number of nitrogens with two attached hydrogens (primary N) is 1. The third-order valence-corrected chi connectivity index (χ3v) is 3.72. The second kappa shape index (κ2) is 8.18. The van der Waals surface area contributed by atoms with Crippen LogP contribution in [0.3, 0.4) is 0 Å². The van der Waals surface area contributed by atoms with Crippen molar-refractivity contribution in [2.45, 2.75) is 26.2 Å². The van der Waals surface area contributed by atoms with Crippen molar-refractivity contribution in [3.8, 4) is 0 Å². The minimum atomic E-state index is -0.147. The molecule has 6 heteroatoms. The van der Waals surface area contributed by atoms with Crippen LogP contribution in [0.5, 0.6) is 0 Å². The summed E-state index contributed by atoms with van der Waals surface area (Å²) < 4.78 is 0. The Bertz CT molecular complexity index is 368. The summed E-state index contributed by atoms with van der Waals surface area (Å²) in [6.45, 7) is 3.34. The first-order valence-corrected chi connectivity index (χ1v) is 7.12. The highest BCUT2D eigenvalue weighted by atomic mass is 32.1. The van der Waals surface area contributed by atoms with Gasteiger partial charge in [-0.05, 0) is 18.9 Å². The van der Waals surface area contributed by atoms with E-state index in [9.17, 15) is 4.79 Å². The summed E-state index contributed by atoms with van der Waals surface area (Å²) in [6.07, 6.45) is 2.36. The van der Waals surface area contributed by atoms with Crippen molar-refractivity contribution in [2.75, 3.05) is 19.7 Å². The van der Waals surface area contributed by atoms with Gasteiger partial charge in [-0.3, -0.25) is 4.79 Å². The normalized spacial score (nSPS) is 12.4. The predicted molar refractivity (Wildman–Crippen MR) is 72.7 cm³/mol. The lowest BCUT2D eigenvalue weighted by Gasteiger charge is -2.13. The van der Waals surface area contributed by atoms with Gasteiger partial charge in [0, 0.05) is 25.0 Å². The first-order valence-electron chi connectivity index (χ1n) is 6.24. The van der Waals surface area contributed by atoms with E-state index in [1.165, 1.54) is 11.3 Å². The molecule has 0 spiro atoms. The van der Waals surface area contributed by atoms with E-state index in [2.05, 4.69) is 17.2 Å². The molecule has 1 aromatic rings. The number of nitrogens with one attached hydrogen (secondary N) is 1. The molecule has 0 aliphatic heterocycles. The smallest absolute Gasteiger partial charge is 0.270 e. The zero-order chi connectivity index (χ0) is 13.4. The molecule has 1 unspecified atom stereocenters. The molecular weight excluding hydrogens is 250 g/mol. The summed E-state index contributed by atoms with van der Waals surface area (Å²) in [5.74, 6) is 0.173. The monoisotopic (exact) mass is 271 g/mol. The summed E-state index contributed by atoms with van der Waals surface area (Å²) in [7, 11) is 0. The first-order chi connectivity index (χ1) is 8.71. The highest BCUT2D eigenvalue weighted by Gasteiger charge is 2.12. The zero-order valence-corrected chi connectivity index (χ0v) is 11.5. The van der Waals surface area contributed by atoms with Crippen molar-refractivity contribution >= 4 is 17.2 Å². The molecular formula is C12H21N3O2S. The lowest BCUT2D eigenvalue weighted by atomic mass is 10.0. The number of nitrogens with zero attached hydrogens (tertiary/aromatic N) is 1. The molecule has 0 aliphatic rings. The number of hydrogen-bond acceptors (Lipinski definition) is 5. The fourth-order valence-electron chi connectivity index (χ4n) is 1.61. The topological polar surface area (TPSA) is 88.2 Å². The zero-order valence-electron chi connectivity index (χ0n) is 10.7. The van der Waals surface area contributed by atoms with Crippen molar-refractivity contribution < 1.29 is 9.90 Å². The molecule has 0 aromatic carbocycles. The average molecular weight is 271 g/mol. The van der Waals surface area contributed by atoms with Crippen LogP contribution in [0.25, 0.3) is 0 Å². The number of carbonyl (C=O) groups excluding carboxylic acids is 1. The molecule has 1 aromatic heterocycles. The molecule has 5 nitrogen and oxygen atoms in total. The second-order valence-electron chi connectivity index (χ2n) is 4.16. The van der Waals surface area contributed by atoms with E-state index >= 15 is 0 Å². The van der Waals surface area contributed by atoms with Crippen LogP contribution in [-0.2, 0) is 6.42 Å². The fourth-order valence-corrected chi connectivity index (χ4v) is 2.41. The molecule has 0 aliphatic carbocycles. The molecule has 0 saturated carbocycles. The number of thiazole rings is 1. The van der Waals surface area contributed by atoms with Gasteiger partial charge in [0.15, 0.2) is 0 Å². The molecule has 0 saturated heterocycles. The SMILES string of the molecule is CCC(CCO)CNC(=O)c1csc(CCN)n1. The number of aliphatic hydroxyl groups is 1. The molecule has 102 valence electrons. The maximum Gasteiger partial charge on any atom is 0.270 e. The van der Waals surface area contributed by atoms with E-state index in [1.54, 1.807) is 5.38 Å². The highest BCUT2D eigenvalue weighted by molar-refractivity contribution is 7.09. The van der Waals surface area contributed by atoms with Gasteiger partial charge in [-0.2, -0.15) is 0 Å². The summed E-state index contributed by atoms with van der Waals surface area (Å²) in [4.78, 5) is 16.1. The Morgan fingerprint density at radius 3 is 3.06 bits per heavy atom. The average Bonchev–Trinajstić information content (AvgIpc) is 2.83. The van der Waals surface area contributed by atoms with Crippen LogP contribution in [-0.4, -0.2) is 35.7 Å². The summed E-state index contributed by atoms with van der Waals surface area (Å²) in [5.41, 5.74) is 5.90. The minimum absolute atomic E-state index is 0.147. The molecule has 4 N–H and O–H groups in total. The van der Waals surface area contributed by atoms with Crippen LogP contribution in [0.1, 0.15) is 35.3 Å². The Balaban J connectivity index is 2.43. The van der Waals surface area contributed by atoms with Crippen molar-refractivity contribution in [2.24, 2.45) is 11.7 Å². The van der Waals surface area contributed by atoms with Gasteiger partial charge in [0.25, 0.3) is 5.91 Å². The Morgan fingerprint density at radius 1 is 1.67 bits per heavy atom. The van der Waals surface area contributed by atoms with E-state index < -0.39 is 0 Å². The molecule has 0 fully saturated rings. The Hall–Kier alpha value is -0.980. The molecule has 1 heterocycles. The van der Waals surface area contributed by atoms with Crippen molar-refractivity contribution in [3.05, 3.63) is 16.1 Å². The maximum atomic E-state index is 11.8. The van der Waals surface area contributed by atoms with Gasteiger partial charge < -0.3 is 16.2 Å². The molecule has 0 bridgehead atoms. The van der Waals surface area contributed by atoms with Gasteiger partial charge in [-0.25, -0.2) is 4.98 Å². The van der Waals surface area contributed by atoms with E-state index in [-0.39, 0.29) is 12.5 Å². The maximum absolute atomic E-state index is 11.8. The van der Waals surface area contributed by atoms with Gasteiger partial charge >= 0.3 is 0 Å². The Morgan fingerprint density at radius 2 is 2.44 bits per heavy atom. The van der Waals surface area contributed by atoms with Crippen LogP contribution < -0.4 is 11.1 Å². The molecule has 1 amide bonds. The second-order valence-corrected chi connectivity index (χ2v) is 5.10. The predicted octanol–water partition coefficient (Wildman–Crippen LogP) is 0.783. The fraction of sp³-hybridized carbons (Fsp3) is 0.667. The lowest BCUT2D eigenvalue weighted by molar-refractivity contribution is 0.0939. The molecule has 1 rings (SSSR count). The van der Waals surface area contributed by atoms with E-state index in [0.717, 1.165) is 11.4 Å². The van der Waals surface area contributed by atoms with Gasteiger partial charge in [0.2, 0.25) is 0 Å². The van der Waals surface area contributed by atoms with Crippen LogP contribution in [0.15, 0.2) is 5.38 Å². The standard InChI is InChI=1S/C12H21N3O2S/c1-2-9(4-6-16)7-14-12(17)10-8-18-11(15-10)3-5-13/h8-9,16H,2-7,13H2,1H3,(H,14,17). The highest BCUT2D eigenvalue weighted by Crippen LogP contribution is 2.11. The first kappa shape index (κ1) is 15.1. The van der Waals surface area contributed by atoms with Crippen molar-refractivity contribution in [1.29, 1.82) is 0 Å². The van der Waals surface area contributed by atoms with Crippen LogP contribution in [0.2, 0.25) is 0 Å². The lowest BCUT2D eigenvalue weighted by Crippen LogP contribution is -2.29. The van der Waals surface area contributed by atoms with E-state index in [4.69, 9.17) is 10.8 Å². The number of hydrogen-bond donors (Lipinski definition) is 3. The summed E-state index contributed by atoms with van der Waals surface area (Å²) in [6, 6.07) is 0. The Labute approximate surface area is 111 Å². The number of carbonyl (C=O) groups is 1. The molecule has 18 heavy (non-hydrogen) atoms. The number of aliphatic hydroxyl groups excluding tert-OH is 1. The van der Waals surface area contributed by atoms with Crippen LogP contribution in [0.4, 0.5) is 0 Å². The van der Waals surface area contributed by atoms with Gasteiger partial charge in [0.1, 0.15) is 5.69 Å². The largest absolute Gasteiger partial charge is 0.396 e. The van der Waals surface area contributed by atoms with Crippen LogP contribution in [0, 0.1) is 5.92 Å². The van der Waals surface area contributed by atoms with Gasteiger partial charge in [-0.15, -0.1) is 11.3 Å². The third-order valence-electron chi connectivity index (χ3n) is 2.81. The number of amides is 1. The third kappa shape index (κ3) is 4.72. The van der Waals surface area contributed by atoms with Crippen LogP contribution >= 0.6 is 11.3 Å². The quantitative estimate of drug-likeness (QED) is 0.652. The van der Waals surface area contributed by atoms with Crippen molar-refractivity contribution in [3.63, 3.8) is 0 Å². The van der Waals surface area contributed by atoms with E-state index in [1.807, 2.05) is 0 Å². The number of aromatic nitrogens is 1. The summed E-state index contributed by atoms with van der Waals surface area (Å²) >= 11 is 1.46. The van der Waals surface area contributed by atoms with Gasteiger partial charge in [0.05, 0.1) is 5.01 Å². The van der Waals surface area contributed by atoms with Gasteiger partial charge in [-0.1, -0.05) is 13.3 Å². The Kier molecular flexibility index (Phi) is 6.85. The van der Waals surface area contributed by atoms with Crippen molar-refractivity contribution in [1.82, 2.24) is 10.3 Å². The molecule has 0 radical (unpaired) electrons. The summed E-state index contributed by atoms with van der Waals surface area (Å²) in [5, 5.41) is 14.4. The molecule has 1 atom stereocenters. The number of rotatable bonds is 8. The van der Waals surface area contributed by atoms with E-state index in [0.29, 0.717) is 37.5 Å².